The van der Waals surface area contributed by atoms with Crippen molar-refractivity contribution < 1.29 is 19.7 Å². The number of rotatable bonds is 3. The number of thioether (sulfide) groups is 1. The average Bonchev–Trinajstić information content (AvgIpc) is 2.92. The van der Waals surface area contributed by atoms with Gasteiger partial charge in [0.15, 0.2) is 5.17 Å². The van der Waals surface area contributed by atoms with Crippen molar-refractivity contribution in [2.75, 3.05) is 7.11 Å². The van der Waals surface area contributed by atoms with Crippen molar-refractivity contribution in [3.8, 4) is 17.2 Å². The number of phenolic OH excluding ortho intramolecular Hbond substituents is 2. The maximum Gasteiger partial charge on any atom is 0.264 e. The van der Waals surface area contributed by atoms with Crippen LogP contribution < -0.4 is 10.1 Å². The molecule has 0 radical (unpaired) electrons. The monoisotopic (exact) mass is 420 g/mol. The van der Waals surface area contributed by atoms with Crippen LogP contribution in [0.4, 0.5) is 5.69 Å². The van der Waals surface area contributed by atoms with Crippen molar-refractivity contribution in [2.24, 2.45) is 4.99 Å². The molecule has 0 aliphatic carbocycles. The third-order valence-electron chi connectivity index (χ3n) is 3.34. The highest BCUT2D eigenvalue weighted by Gasteiger charge is 2.24. The number of aliphatic imine (C=N–C) groups is 1. The van der Waals surface area contributed by atoms with Crippen LogP contribution in [-0.4, -0.2) is 28.4 Å². The molecule has 3 rings (SSSR count). The van der Waals surface area contributed by atoms with E-state index in [0.717, 1.165) is 11.8 Å². The van der Waals surface area contributed by atoms with Crippen LogP contribution in [0.2, 0.25) is 0 Å². The van der Waals surface area contributed by atoms with Gasteiger partial charge in [0.1, 0.15) is 22.9 Å². The van der Waals surface area contributed by atoms with E-state index < -0.39 is 0 Å². The van der Waals surface area contributed by atoms with Gasteiger partial charge in [-0.3, -0.25) is 4.79 Å². The van der Waals surface area contributed by atoms with Gasteiger partial charge >= 0.3 is 0 Å². The van der Waals surface area contributed by atoms with Crippen LogP contribution in [0.3, 0.4) is 0 Å². The van der Waals surface area contributed by atoms with E-state index in [1.54, 1.807) is 19.2 Å². The first-order chi connectivity index (χ1) is 12.0. The minimum absolute atomic E-state index is 0.0819. The Morgan fingerprint density at radius 2 is 2.00 bits per heavy atom. The average molecular weight is 421 g/mol. The molecule has 1 saturated heterocycles. The summed E-state index contributed by atoms with van der Waals surface area (Å²) in [5.41, 5.74) is 1.00. The first-order valence-electron chi connectivity index (χ1n) is 7.12. The van der Waals surface area contributed by atoms with Gasteiger partial charge in [-0.15, -0.1) is 0 Å². The molecule has 2 aromatic carbocycles. The number of amidine groups is 1. The topological polar surface area (TPSA) is 91.2 Å². The van der Waals surface area contributed by atoms with E-state index in [1.807, 2.05) is 12.1 Å². The summed E-state index contributed by atoms with van der Waals surface area (Å²) >= 11 is 4.33. The van der Waals surface area contributed by atoms with Crippen LogP contribution in [0.5, 0.6) is 17.2 Å². The Morgan fingerprint density at radius 1 is 1.24 bits per heavy atom. The van der Waals surface area contributed by atoms with Crippen molar-refractivity contribution >= 4 is 50.5 Å². The summed E-state index contributed by atoms with van der Waals surface area (Å²) in [6.07, 6.45) is 1.53. The molecule has 128 valence electrons. The second-order valence-electron chi connectivity index (χ2n) is 5.02. The Hall–Kier alpha value is -2.45. The minimum atomic E-state index is -0.317. The number of methoxy groups -OCH3 is 1. The number of ether oxygens (including phenoxy) is 1. The quantitative estimate of drug-likeness (QED) is 0.657. The Kier molecular flexibility index (Phi) is 5.00. The number of hydrogen-bond donors (Lipinski definition) is 3. The molecule has 8 heteroatoms. The number of hydrogen-bond acceptors (Lipinski definition) is 6. The van der Waals surface area contributed by atoms with Crippen molar-refractivity contribution in [3.63, 3.8) is 0 Å². The molecule has 1 heterocycles. The third kappa shape index (κ3) is 3.80. The number of benzene rings is 2. The Morgan fingerprint density at radius 3 is 2.76 bits per heavy atom. The summed E-state index contributed by atoms with van der Waals surface area (Å²) < 4.78 is 5.66. The summed E-state index contributed by atoms with van der Waals surface area (Å²) in [6, 6.07) is 9.96. The van der Waals surface area contributed by atoms with Gasteiger partial charge in [-0.05, 0) is 52.0 Å². The summed E-state index contributed by atoms with van der Waals surface area (Å²) in [6.45, 7) is 0. The van der Waals surface area contributed by atoms with Gasteiger partial charge in [0.05, 0.1) is 16.5 Å². The molecular weight excluding hydrogens is 408 g/mol. The molecule has 0 spiro atoms. The standard InChI is InChI=1S/C17H13BrN2O4S/c1-24-14-5-3-2-4-11(14)19-17-20-16(23)15(25-17)7-9-6-10(18)13(22)8-12(9)21/h2-8,21-22H,1H3,(H,19,20,23)/b15-7-. The molecule has 0 atom stereocenters. The number of para-hydroxylation sites is 2. The molecule has 25 heavy (non-hydrogen) atoms. The number of phenols is 2. The summed E-state index contributed by atoms with van der Waals surface area (Å²) in [5.74, 6) is 0.0722. The Bertz CT molecular complexity index is 912. The Labute approximate surface area is 156 Å². The van der Waals surface area contributed by atoms with Gasteiger partial charge in [-0.1, -0.05) is 12.1 Å². The van der Waals surface area contributed by atoms with Crippen LogP contribution in [0.25, 0.3) is 6.08 Å². The van der Waals surface area contributed by atoms with Crippen LogP contribution in [0.15, 0.2) is 50.8 Å². The highest BCUT2D eigenvalue weighted by molar-refractivity contribution is 9.10. The zero-order valence-electron chi connectivity index (χ0n) is 13.0. The zero-order valence-corrected chi connectivity index (χ0v) is 15.4. The van der Waals surface area contributed by atoms with Crippen molar-refractivity contribution in [3.05, 3.63) is 51.3 Å². The summed E-state index contributed by atoms with van der Waals surface area (Å²) in [5, 5.41) is 22.6. The van der Waals surface area contributed by atoms with E-state index in [9.17, 15) is 15.0 Å². The fourth-order valence-electron chi connectivity index (χ4n) is 2.14. The van der Waals surface area contributed by atoms with Crippen molar-refractivity contribution in [2.45, 2.75) is 0 Å². The third-order valence-corrected chi connectivity index (χ3v) is 4.89. The molecule has 6 nitrogen and oxygen atoms in total. The molecule has 0 aromatic heterocycles. The van der Waals surface area contributed by atoms with E-state index >= 15 is 0 Å². The predicted molar refractivity (Wildman–Crippen MR) is 101 cm³/mol. The number of halogens is 1. The highest BCUT2D eigenvalue weighted by Crippen LogP contribution is 2.36. The molecule has 1 aliphatic rings. The fourth-order valence-corrected chi connectivity index (χ4v) is 3.32. The number of carbonyl (C=O) groups is 1. The normalized spacial score (nSPS) is 17.1. The van der Waals surface area contributed by atoms with Gasteiger partial charge in [0, 0.05) is 11.6 Å². The maximum atomic E-state index is 12.1. The van der Waals surface area contributed by atoms with Crippen LogP contribution in [0.1, 0.15) is 5.56 Å². The van der Waals surface area contributed by atoms with Crippen molar-refractivity contribution in [1.29, 1.82) is 0 Å². The highest BCUT2D eigenvalue weighted by atomic mass is 79.9. The smallest absolute Gasteiger partial charge is 0.264 e. The van der Waals surface area contributed by atoms with Gasteiger partial charge in [-0.25, -0.2) is 4.99 Å². The number of amides is 1. The second kappa shape index (κ2) is 7.20. The van der Waals surface area contributed by atoms with Crippen LogP contribution in [0, 0.1) is 0 Å². The number of aromatic hydroxyl groups is 2. The van der Waals surface area contributed by atoms with E-state index in [1.165, 1.54) is 18.2 Å². The van der Waals surface area contributed by atoms with E-state index in [4.69, 9.17) is 4.74 Å². The van der Waals surface area contributed by atoms with E-state index in [0.29, 0.717) is 31.5 Å². The van der Waals surface area contributed by atoms with Gasteiger partial charge in [0.2, 0.25) is 0 Å². The lowest BCUT2D eigenvalue weighted by Gasteiger charge is -2.03. The first kappa shape index (κ1) is 17.4. The molecule has 1 aliphatic heterocycles. The lowest BCUT2D eigenvalue weighted by atomic mass is 10.1. The predicted octanol–water partition coefficient (Wildman–Crippen LogP) is 3.76. The molecule has 0 saturated carbocycles. The molecule has 0 unspecified atom stereocenters. The van der Waals surface area contributed by atoms with Crippen LogP contribution in [-0.2, 0) is 4.79 Å². The van der Waals surface area contributed by atoms with Gasteiger partial charge in [0.25, 0.3) is 5.91 Å². The summed E-state index contributed by atoms with van der Waals surface area (Å²) in [4.78, 5) is 16.9. The molecular formula is C17H13BrN2O4S. The molecule has 0 bridgehead atoms. The molecule has 1 fully saturated rings. The number of nitrogens with one attached hydrogen (secondary N) is 1. The largest absolute Gasteiger partial charge is 0.507 e. The minimum Gasteiger partial charge on any atom is -0.507 e. The molecule has 2 aromatic rings. The van der Waals surface area contributed by atoms with E-state index in [2.05, 4.69) is 26.2 Å². The molecule has 1 amide bonds. The second-order valence-corrected chi connectivity index (χ2v) is 6.90. The van der Waals surface area contributed by atoms with Crippen LogP contribution >= 0.6 is 27.7 Å². The number of carbonyl (C=O) groups excluding carboxylic acids is 1. The molecule has 3 N–H and O–H groups in total. The number of nitrogens with zero attached hydrogens (tertiary/aromatic N) is 1. The van der Waals surface area contributed by atoms with E-state index in [-0.39, 0.29) is 17.4 Å². The summed E-state index contributed by atoms with van der Waals surface area (Å²) in [7, 11) is 1.55. The lowest BCUT2D eigenvalue weighted by molar-refractivity contribution is -0.115. The first-order valence-corrected chi connectivity index (χ1v) is 8.73. The maximum absolute atomic E-state index is 12.1. The fraction of sp³-hybridized carbons (Fsp3) is 0.0588. The van der Waals surface area contributed by atoms with Gasteiger partial charge < -0.3 is 20.3 Å². The Balaban J connectivity index is 1.90. The van der Waals surface area contributed by atoms with Gasteiger partial charge in [-0.2, -0.15) is 0 Å². The zero-order chi connectivity index (χ0) is 18.0. The van der Waals surface area contributed by atoms with Crippen molar-refractivity contribution in [1.82, 2.24) is 5.32 Å². The lowest BCUT2D eigenvalue weighted by Crippen LogP contribution is -2.19. The SMILES string of the molecule is COc1ccccc1N=C1NC(=O)/C(=C/c2cc(Br)c(O)cc2O)S1.